The first-order chi connectivity index (χ1) is 6.03. The number of hydrogen-bond acceptors (Lipinski definition) is 2. The predicted octanol–water partition coefficient (Wildman–Crippen LogP) is 2.61. The Balaban J connectivity index is 3.26. The summed E-state index contributed by atoms with van der Waals surface area (Å²) in [5.74, 6) is 0.404. The summed E-state index contributed by atoms with van der Waals surface area (Å²) in [6, 6.07) is 0. The lowest BCUT2D eigenvalue weighted by molar-refractivity contribution is -0.160. The van der Waals surface area contributed by atoms with Gasteiger partial charge in [-0.05, 0) is 0 Å². The molecule has 1 fully saturated rings. The van der Waals surface area contributed by atoms with Crippen LogP contribution in [0, 0.1) is 16.2 Å². The first-order valence-electron chi connectivity index (χ1n) is 5.12. The summed E-state index contributed by atoms with van der Waals surface area (Å²) in [6.07, 6.45) is 0.377. The maximum Gasteiger partial charge on any atom is 0.145 e. The van der Waals surface area contributed by atoms with Crippen LogP contribution >= 0.6 is 0 Å². The molecule has 0 saturated heterocycles. The van der Waals surface area contributed by atoms with Gasteiger partial charge in [-0.3, -0.25) is 9.59 Å². The zero-order valence-electron chi connectivity index (χ0n) is 10.0. The minimum atomic E-state index is -0.550. The van der Waals surface area contributed by atoms with Gasteiger partial charge in [-0.2, -0.15) is 0 Å². The van der Waals surface area contributed by atoms with Crippen LogP contribution in [0.25, 0.3) is 0 Å². The van der Waals surface area contributed by atoms with Gasteiger partial charge in [-0.15, -0.1) is 0 Å². The number of rotatable bonds is 0. The van der Waals surface area contributed by atoms with E-state index in [0.717, 1.165) is 0 Å². The predicted molar refractivity (Wildman–Crippen MR) is 56.0 cm³/mol. The summed E-state index contributed by atoms with van der Waals surface area (Å²) in [5, 5.41) is 0. The van der Waals surface area contributed by atoms with Gasteiger partial charge < -0.3 is 0 Å². The van der Waals surface area contributed by atoms with E-state index in [2.05, 4.69) is 0 Å². The van der Waals surface area contributed by atoms with Crippen LogP contribution in [0.2, 0.25) is 0 Å². The Morgan fingerprint density at radius 3 is 1.71 bits per heavy atom. The highest BCUT2D eigenvalue weighted by atomic mass is 16.1. The zero-order valence-corrected chi connectivity index (χ0v) is 10.0. The van der Waals surface area contributed by atoms with E-state index in [4.69, 9.17) is 0 Å². The number of ketones is 2. The molecule has 0 radical (unpaired) electrons. The normalized spacial score (nSPS) is 29.0. The van der Waals surface area contributed by atoms with E-state index in [1.54, 1.807) is 0 Å². The standard InChI is InChI=1S/C12H20O2/c1-10(2)7-8(13)11(3,4)12(5,6)9(10)14/h7H2,1-6H3. The first-order valence-corrected chi connectivity index (χ1v) is 5.12. The lowest BCUT2D eigenvalue weighted by atomic mass is 9.52. The van der Waals surface area contributed by atoms with Gasteiger partial charge in [-0.1, -0.05) is 41.5 Å². The highest BCUT2D eigenvalue weighted by Crippen LogP contribution is 2.51. The second-order valence-corrected chi connectivity index (χ2v) is 6.06. The molecule has 0 amide bonds. The zero-order chi connectivity index (χ0) is 11.4. The molecule has 1 saturated carbocycles. The van der Waals surface area contributed by atoms with E-state index in [-0.39, 0.29) is 11.6 Å². The Labute approximate surface area is 86.1 Å². The maximum absolute atomic E-state index is 12.2. The molecule has 0 aromatic rings. The lowest BCUT2D eigenvalue weighted by Crippen LogP contribution is -2.55. The molecule has 0 bridgehead atoms. The molecule has 0 spiro atoms. The molecule has 2 nitrogen and oxygen atoms in total. The van der Waals surface area contributed by atoms with Gasteiger partial charge in [0.15, 0.2) is 0 Å². The third-order valence-corrected chi connectivity index (χ3v) is 4.04. The molecular formula is C12H20O2. The molecule has 0 atom stereocenters. The Morgan fingerprint density at radius 2 is 1.29 bits per heavy atom. The Morgan fingerprint density at radius 1 is 0.857 bits per heavy atom. The molecule has 80 valence electrons. The molecule has 0 aliphatic heterocycles. The van der Waals surface area contributed by atoms with Crippen LogP contribution in [0.5, 0.6) is 0 Å². The highest BCUT2D eigenvalue weighted by molar-refractivity contribution is 6.03. The van der Waals surface area contributed by atoms with Gasteiger partial charge in [0.1, 0.15) is 11.6 Å². The van der Waals surface area contributed by atoms with Crippen molar-refractivity contribution >= 4 is 11.6 Å². The van der Waals surface area contributed by atoms with E-state index < -0.39 is 16.2 Å². The van der Waals surface area contributed by atoms with Crippen molar-refractivity contribution < 1.29 is 9.59 Å². The van der Waals surface area contributed by atoms with Crippen LogP contribution in [0.15, 0.2) is 0 Å². The summed E-state index contributed by atoms with van der Waals surface area (Å²) in [7, 11) is 0. The monoisotopic (exact) mass is 196 g/mol. The van der Waals surface area contributed by atoms with Crippen LogP contribution in [-0.4, -0.2) is 11.6 Å². The van der Waals surface area contributed by atoms with Gasteiger partial charge in [0.25, 0.3) is 0 Å². The molecular weight excluding hydrogens is 176 g/mol. The van der Waals surface area contributed by atoms with Crippen molar-refractivity contribution in [3.63, 3.8) is 0 Å². The summed E-state index contributed by atoms with van der Waals surface area (Å²) < 4.78 is 0. The number of hydrogen-bond donors (Lipinski definition) is 0. The molecule has 0 aromatic heterocycles. The van der Waals surface area contributed by atoms with Crippen LogP contribution in [0.3, 0.4) is 0 Å². The molecule has 0 aromatic carbocycles. The summed E-state index contributed by atoms with van der Waals surface area (Å²) in [6.45, 7) is 11.3. The molecule has 2 heteroatoms. The van der Waals surface area contributed by atoms with Gasteiger partial charge in [0, 0.05) is 22.7 Å². The van der Waals surface area contributed by atoms with Gasteiger partial charge >= 0.3 is 0 Å². The minimum Gasteiger partial charge on any atom is -0.299 e. The maximum atomic E-state index is 12.2. The van der Waals surface area contributed by atoms with Crippen molar-refractivity contribution in [2.45, 2.75) is 48.0 Å². The third-order valence-electron chi connectivity index (χ3n) is 4.04. The fourth-order valence-electron chi connectivity index (χ4n) is 2.18. The molecule has 0 heterocycles. The van der Waals surface area contributed by atoms with Crippen molar-refractivity contribution in [1.29, 1.82) is 0 Å². The van der Waals surface area contributed by atoms with Crippen LogP contribution in [0.4, 0.5) is 0 Å². The molecule has 0 unspecified atom stereocenters. The summed E-state index contributed by atoms with van der Waals surface area (Å²) >= 11 is 0. The fourth-order valence-corrected chi connectivity index (χ4v) is 2.18. The summed E-state index contributed by atoms with van der Waals surface area (Å²) in [4.78, 5) is 24.1. The van der Waals surface area contributed by atoms with Gasteiger partial charge in [0.2, 0.25) is 0 Å². The average Bonchev–Trinajstić information content (AvgIpc) is 1.99. The van der Waals surface area contributed by atoms with Crippen molar-refractivity contribution in [2.24, 2.45) is 16.2 Å². The van der Waals surface area contributed by atoms with Crippen molar-refractivity contribution in [1.82, 2.24) is 0 Å². The molecule has 1 aliphatic carbocycles. The average molecular weight is 196 g/mol. The Hall–Kier alpha value is -0.660. The van der Waals surface area contributed by atoms with E-state index in [0.29, 0.717) is 6.42 Å². The second kappa shape index (κ2) is 2.68. The Bertz CT molecular complexity index is 295. The van der Waals surface area contributed by atoms with E-state index in [1.165, 1.54) is 0 Å². The van der Waals surface area contributed by atoms with Gasteiger partial charge in [-0.25, -0.2) is 0 Å². The molecule has 14 heavy (non-hydrogen) atoms. The topological polar surface area (TPSA) is 34.1 Å². The minimum absolute atomic E-state index is 0.201. The number of carbonyl (C=O) groups excluding carboxylic acids is 2. The molecule has 0 N–H and O–H groups in total. The van der Waals surface area contributed by atoms with Crippen LogP contribution in [-0.2, 0) is 9.59 Å². The van der Waals surface area contributed by atoms with Crippen molar-refractivity contribution in [3.05, 3.63) is 0 Å². The number of Topliss-reactive ketones (excluding diaryl/α,β-unsaturated/α-hetero) is 2. The second-order valence-electron chi connectivity index (χ2n) is 6.06. The fraction of sp³-hybridized carbons (Fsp3) is 0.833. The van der Waals surface area contributed by atoms with E-state index in [1.807, 2.05) is 41.5 Å². The smallest absolute Gasteiger partial charge is 0.145 e. The van der Waals surface area contributed by atoms with E-state index >= 15 is 0 Å². The highest BCUT2D eigenvalue weighted by Gasteiger charge is 2.57. The third kappa shape index (κ3) is 1.23. The molecule has 1 rings (SSSR count). The SMILES string of the molecule is CC1(C)CC(=O)C(C)(C)C(C)(C)C1=O. The lowest BCUT2D eigenvalue weighted by Gasteiger charge is -2.48. The quantitative estimate of drug-likeness (QED) is 0.596. The molecule has 1 aliphatic rings. The summed E-state index contributed by atoms with van der Waals surface area (Å²) in [5.41, 5.74) is -1.57. The van der Waals surface area contributed by atoms with Gasteiger partial charge in [0.05, 0.1) is 0 Å². The Kier molecular flexibility index (Phi) is 2.18. The van der Waals surface area contributed by atoms with Crippen LogP contribution in [0.1, 0.15) is 48.0 Å². The number of carbonyl (C=O) groups is 2. The van der Waals surface area contributed by atoms with Crippen molar-refractivity contribution in [3.8, 4) is 0 Å². The van der Waals surface area contributed by atoms with Crippen molar-refractivity contribution in [2.75, 3.05) is 0 Å². The first kappa shape index (κ1) is 11.4. The largest absolute Gasteiger partial charge is 0.299 e. The van der Waals surface area contributed by atoms with Crippen LogP contribution < -0.4 is 0 Å². The van der Waals surface area contributed by atoms with E-state index in [9.17, 15) is 9.59 Å².